The van der Waals surface area contributed by atoms with Gasteiger partial charge in [-0.1, -0.05) is 29.3 Å². The number of rotatable bonds is 8. The second kappa shape index (κ2) is 10.8. The third-order valence-corrected chi connectivity index (χ3v) is 8.06. The number of carbonyl (C=O) groups is 2. The van der Waals surface area contributed by atoms with Crippen LogP contribution in [-0.4, -0.2) is 38.6 Å². The highest BCUT2D eigenvalue weighted by Crippen LogP contribution is 2.29. The van der Waals surface area contributed by atoms with E-state index in [1.54, 1.807) is 18.2 Å². The van der Waals surface area contributed by atoms with E-state index in [1.807, 2.05) is 0 Å². The number of hydrogen-bond acceptors (Lipinski definition) is 5. The summed E-state index contributed by atoms with van der Waals surface area (Å²) in [6, 6.07) is 7.33. The lowest BCUT2D eigenvalue weighted by Crippen LogP contribution is -2.43. The lowest BCUT2D eigenvalue weighted by atomic mass is 9.97. The molecule has 0 spiro atoms. The van der Waals surface area contributed by atoms with Crippen LogP contribution in [0.2, 0.25) is 5.02 Å². The number of amides is 2. The van der Waals surface area contributed by atoms with Crippen LogP contribution in [0.3, 0.4) is 0 Å². The number of halogens is 2. The molecule has 10 heteroatoms. The molecular weight excluding hydrogens is 493 g/mol. The van der Waals surface area contributed by atoms with Gasteiger partial charge in [0.2, 0.25) is 5.91 Å². The van der Waals surface area contributed by atoms with Crippen molar-refractivity contribution in [3.05, 3.63) is 70.0 Å². The summed E-state index contributed by atoms with van der Waals surface area (Å²) in [4.78, 5) is 25.2. The monoisotopic (exact) mass is 519 g/mol. The lowest BCUT2D eigenvalue weighted by molar-refractivity contribution is -0.116. The van der Waals surface area contributed by atoms with Crippen LogP contribution in [0.5, 0.6) is 0 Å². The van der Waals surface area contributed by atoms with Crippen LogP contribution in [0, 0.1) is 5.82 Å². The summed E-state index contributed by atoms with van der Waals surface area (Å²) in [5, 5.41) is 8.55. The van der Waals surface area contributed by atoms with E-state index in [4.69, 9.17) is 11.6 Å². The Bertz CT molecular complexity index is 1280. The highest BCUT2D eigenvalue weighted by atomic mass is 35.5. The second-order valence-electron chi connectivity index (χ2n) is 8.85. The molecular formula is C25H27ClFN3O4S. The third kappa shape index (κ3) is 6.61. The Hall–Kier alpha value is -2.91. The van der Waals surface area contributed by atoms with E-state index in [0.29, 0.717) is 23.5 Å². The van der Waals surface area contributed by atoms with Crippen molar-refractivity contribution in [2.45, 2.75) is 43.9 Å². The molecule has 186 valence electrons. The number of hydrogen-bond donors (Lipinski definition) is 3. The van der Waals surface area contributed by atoms with Gasteiger partial charge in [0.05, 0.1) is 22.9 Å². The minimum absolute atomic E-state index is 0.0150. The molecule has 0 saturated carbocycles. The van der Waals surface area contributed by atoms with E-state index >= 15 is 0 Å². The molecule has 1 unspecified atom stereocenters. The Morgan fingerprint density at radius 3 is 2.71 bits per heavy atom. The summed E-state index contributed by atoms with van der Waals surface area (Å²) < 4.78 is 38.6. The van der Waals surface area contributed by atoms with Crippen LogP contribution in [0.1, 0.15) is 48.0 Å². The molecule has 2 aromatic carbocycles. The van der Waals surface area contributed by atoms with Gasteiger partial charge >= 0.3 is 0 Å². The van der Waals surface area contributed by atoms with Crippen molar-refractivity contribution in [2.75, 3.05) is 22.9 Å². The first-order chi connectivity index (χ1) is 16.7. The fraction of sp³-hybridized carbons (Fsp3) is 0.360. The lowest BCUT2D eigenvalue weighted by Gasteiger charge is -2.27. The molecule has 35 heavy (non-hydrogen) atoms. The van der Waals surface area contributed by atoms with Crippen molar-refractivity contribution in [1.29, 1.82) is 0 Å². The van der Waals surface area contributed by atoms with E-state index in [0.717, 1.165) is 31.4 Å². The molecule has 3 N–H and O–H groups in total. The van der Waals surface area contributed by atoms with Gasteiger partial charge < -0.3 is 16.0 Å². The van der Waals surface area contributed by atoms with E-state index in [1.165, 1.54) is 24.5 Å². The van der Waals surface area contributed by atoms with Crippen LogP contribution in [0.4, 0.5) is 15.8 Å². The topological polar surface area (TPSA) is 104 Å². The molecule has 2 aliphatic rings. The maximum atomic E-state index is 13.2. The summed E-state index contributed by atoms with van der Waals surface area (Å²) in [6.45, 7) is 0.546. The van der Waals surface area contributed by atoms with Crippen molar-refractivity contribution in [2.24, 2.45) is 0 Å². The van der Waals surface area contributed by atoms with Crippen molar-refractivity contribution in [1.82, 2.24) is 5.32 Å². The fourth-order valence-corrected chi connectivity index (χ4v) is 6.16. The van der Waals surface area contributed by atoms with E-state index in [2.05, 4.69) is 22.0 Å². The van der Waals surface area contributed by atoms with Crippen LogP contribution in [0.25, 0.3) is 0 Å². The summed E-state index contributed by atoms with van der Waals surface area (Å²) in [5.41, 5.74) is 2.98. The van der Waals surface area contributed by atoms with E-state index in [-0.39, 0.29) is 16.5 Å². The molecule has 0 aromatic heterocycles. The van der Waals surface area contributed by atoms with E-state index in [9.17, 15) is 22.4 Å². The highest BCUT2D eigenvalue weighted by Gasteiger charge is 2.31. The average Bonchev–Trinajstić information content (AvgIpc) is 2.81. The smallest absolute Gasteiger partial charge is 0.251 e. The van der Waals surface area contributed by atoms with Gasteiger partial charge in [0.25, 0.3) is 5.91 Å². The zero-order valence-electron chi connectivity index (χ0n) is 19.1. The number of allylic oxidation sites excluding steroid dienone is 1. The van der Waals surface area contributed by atoms with Gasteiger partial charge in [-0.15, -0.1) is 0 Å². The molecule has 0 fully saturated rings. The molecule has 2 aromatic rings. The van der Waals surface area contributed by atoms with Crippen molar-refractivity contribution >= 4 is 44.6 Å². The molecule has 1 heterocycles. The molecule has 0 bridgehead atoms. The molecule has 4 rings (SSSR count). The predicted molar refractivity (Wildman–Crippen MR) is 135 cm³/mol. The van der Waals surface area contributed by atoms with Crippen molar-refractivity contribution in [3.8, 4) is 0 Å². The molecule has 1 aliphatic carbocycles. The summed E-state index contributed by atoms with van der Waals surface area (Å²) in [6.07, 6.45) is 7.68. The fourth-order valence-electron chi connectivity index (χ4n) is 4.26. The van der Waals surface area contributed by atoms with Crippen LogP contribution in [-0.2, 0) is 20.4 Å². The molecule has 7 nitrogen and oxygen atoms in total. The Kier molecular flexibility index (Phi) is 7.76. The van der Waals surface area contributed by atoms with Gasteiger partial charge in [0.15, 0.2) is 9.84 Å². The minimum Gasteiger partial charge on any atom is -0.371 e. The number of fused-ring (bicyclic) bond motifs is 1. The summed E-state index contributed by atoms with van der Waals surface area (Å²) in [7, 11) is -3.75. The normalized spacial score (nSPS) is 17.6. The van der Waals surface area contributed by atoms with Crippen LogP contribution in [0.15, 0.2) is 48.0 Å². The molecule has 0 radical (unpaired) electrons. The van der Waals surface area contributed by atoms with Crippen molar-refractivity contribution in [3.63, 3.8) is 0 Å². The van der Waals surface area contributed by atoms with Crippen molar-refractivity contribution < 1.29 is 22.4 Å². The van der Waals surface area contributed by atoms with Gasteiger partial charge in [-0.05, 0) is 68.0 Å². The maximum Gasteiger partial charge on any atom is 0.251 e. The molecule has 2 amide bonds. The first kappa shape index (κ1) is 25.2. The predicted octanol–water partition coefficient (Wildman–Crippen LogP) is 4.45. The number of benzene rings is 2. The SMILES string of the molecule is O=C(NCCC1=CCCCC1)c1ccc2c(c1)NC(=O)C(CS(=O)(=O)Cc1ccc(F)cc1Cl)N2. The Balaban J connectivity index is 1.36. The highest BCUT2D eigenvalue weighted by molar-refractivity contribution is 7.90. The Morgan fingerprint density at radius 2 is 1.97 bits per heavy atom. The quantitative estimate of drug-likeness (QED) is 0.447. The third-order valence-electron chi connectivity index (χ3n) is 6.11. The first-order valence-corrected chi connectivity index (χ1v) is 13.7. The van der Waals surface area contributed by atoms with Crippen LogP contribution < -0.4 is 16.0 Å². The Morgan fingerprint density at radius 1 is 1.14 bits per heavy atom. The zero-order valence-corrected chi connectivity index (χ0v) is 20.6. The molecule has 1 aliphatic heterocycles. The number of carbonyl (C=O) groups excluding carboxylic acids is 2. The van der Waals surface area contributed by atoms with Crippen LogP contribution >= 0.6 is 11.6 Å². The largest absolute Gasteiger partial charge is 0.371 e. The molecule has 1 atom stereocenters. The van der Waals surface area contributed by atoms with Gasteiger partial charge in [0.1, 0.15) is 11.9 Å². The maximum absolute atomic E-state index is 13.2. The number of sulfone groups is 1. The van der Waals surface area contributed by atoms with Gasteiger partial charge in [-0.3, -0.25) is 9.59 Å². The first-order valence-electron chi connectivity index (χ1n) is 11.5. The second-order valence-corrected chi connectivity index (χ2v) is 11.4. The summed E-state index contributed by atoms with van der Waals surface area (Å²) in [5.74, 6) is -2.20. The number of nitrogens with one attached hydrogen (secondary N) is 3. The molecule has 0 saturated heterocycles. The summed E-state index contributed by atoms with van der Waals surface area (Å²) >= 11 is 5.95. The van der Waals surface area contributed by atoms with Gasteiger partial charge in [-0.25, -0.2) is 12.8 Å². The van der Waals surface area contributed by atoms with E-state index < -0.39 is 39.1 Å². The zero-order chi connectivity index (χ0) is 25.0. The van der Waals surface area contributed by atoms with Gasteiger partial charge in [0, 0.05) is 17.1 Å². The van der Waals surface area contributed by atoms with Gasteiger partial charge in [-0.2, -0.15) is 0 Å². The average molecular weight is 520 g/mol. The Labute approximate surface area is 209 Å². The number of anilines is 2. The minimum atomic E-state index is -3.75. The standard InChI is InChI=1S/C25H27ClFN3O4S/c26-20-13-19(27)8-6-18(20)14-35(33,34)15-23-25(32)30-22-12-17(7-9-21(22)29-23)24(31)28-11-10-16-4-2-1-3-5-16/h4,6-9,12-13,23,29H,1-3,5,10-11,14-15H2,(H,28,31)(H,30,32).